The van der Waals surface area contributed by atoms with Crippen LogP contribution in [0.25, 0.3) is 10.9 Å². The molecule has 3 aromatic rings. The van der Waals surface area contributed by atoms with Gasteiger partial charge in [-0.25, -0.2) is 0 Å². The van der Waals surface area contributed by atoms with Crippen LogP contribution in [-0.2, 0) is 17.9 Å². The first kappa shape index (κ1) is 15.8. The molecule has 2 aromatic heterocycles. The molecule has 4 rings (SSSR count). The van der Waals surface area contributed by atoms with Gasteiger partial charge in [-0.3, -0.25) is 19.4 Å². The number of para-hydroxylation sites is 1. The number of nitrogens with one attached hydrogen (secondary N) is 1. The quantitative estimate of drug-likeness (QED) is 0.793. The summed E-state index contributed by atoms with van der Waals surface area (Å²) in [7, 11) is 1.67. The molecule has 1 aliphatic heterocycles. The molecule has 0 bridgehead atoms. The average molecular weight is 335 g/mol. The van der Waals surface area contributed by atoms with Crippen molar-refractivity contribution >= 4 is 16.8 Å². The first-order valence-electron chi connectivity index (χ1n) is 8.53. The molecule has 1 amide bonds. The van der Waals surface area contributed by atoms with Crippen LogP contribution < -0.4 is 5.32 Å². The molecule has 1 atom stereocenters. The van der Waals surface area contributed by atoms with Gasteiger partial charge in [0, 0.05) is 38.3 Å². The Morgan fingerprint density at radius 3 is 3.00 bits per heavy atom. The third-order valence-corrected chi connectivity index (χ3v) is 4.69. The lowest BCUT2D eigenvalue weighted by Gasteiger charge is -2.33. The zero-order chi connectivity index (χ0) is 17.2. The average Bonchev–Trinajstić information content (AvgIpc) is 3.10. The van der Waals surface area contributed by atoms with Gasteiger partial charge in [0.05, 0.1) is 29.4 Å². The largest absolute Gasteiger partial charge is 0.359 e. The standard InChI is InChI=1S/C19H21N5O/c1-20-19(25)10-17-13-23(12-16-8-9-21-24(16)17)11-15-7-6-14-4-2-3-5-18(14)22-15/h2-9,17H,10-13H2,1H3,(H,20,25). The highest BCUT2D eigenvalue weighted by molar-refractivity contribution is 5.78. The molecule has 3 heterocycles. The van der Waals surface area contributed by atoms with Gasteiger partial charge in [-0.05, 0) is 18.2 Å². The molecule has 25 heavy (non-hydrogen) atoms. The summed E-state index contributed by atoms with van der Waals surface area (Å²) in [5.41, 5.74) is 3.20. The minimum Gasteiger partial charge on any atom is -0.359 e. The lowest BCUT2D eigenvalue weighted by Crippen LogP contribution is -2.39. The molecular weight excluding hydrogens is 314 g/mol. The van der Waals surface area contributed by atoms with E-state index < -0.39 is 0 Å². The highest BCUT2D eigenvalue weighted by atomic mass is 16.1. The summed E-state index contributed by atoms with van der Waals surface area (Å²) in [5, 5.41) is 8.26. The number of rotatable bonds is 4. The molecule has 1 unspecified atom stereocenters. The predicted octanol–water partition coefficient (Wildman–Crippen LogP) is 2.12. The van der Waals surface area contributed by atoms with Crippen LogP contribution in [0.2, 0.25) is 0 Å². The van der Waals surface area contributed by atoms with Crippen LogP contribution in [0.5, 0.6) is 0 Å². The van der Waals surface area contributed by atoms with Gasteiger partial charge in [0.1, 0.15) is 0 Å². The van der Waals surface area contributed by atoms with Gasteiger partial charge in [-0.2, -0.15) is 5.10 Å². The molecule has 1 aliphatic rings. The summed E-state index contributed by atoms with van der Waals surface area (Å²) < 4.78 is 1.99. The van der Waals surface area contributed by atoms with Crippen LogP contribution in [0.4, 0.5) is 0 Å². The summed E-state index contributed by atoms with van der Waals surface area (Å²) in [6.07, 6.45) is 2.25. The molecule has 0 saturated carbocycles. The Balaban J connectivity index is 1.55. The maximum Gasteiger partial charge on any atom is 0.221 e. The van der Waals surface area contributed by atoms with Crippen LogP contribution in [0.1, 0.15) is 23.9 Å². The van der Waals surface area contributed by atoms with E-state index in [1.807, 2.05) is 35.1 Å². The summed E-state index contributed by atoms with van der Waals surface area (Å²) in [6.45, 7) is 2.37. The number of carbonyl (C=O) groups is 1. The van der Waals surface area contributed by atoms with Gasteiger partial charge in [0.25, 0.3) is 0 Å². The summed E-state index contributed by atoms with van der Waals surface area (Å²) >= 11 is 0. The third-order valence-electron chi connectivity index (χ3n) is 4.69. The Morgan fingerprint density at radius 2 is 2.12 bits per heavy atom. The van der Waals surface area contributed by atoms with Crippen molar-refractivity contribution in [2.75, 3.05) is 13.6 Å². The smallest absolute Gasteiger partial charge is 0.221 e. The lowest BCUT2D eigenvalue weighted by molar-refractivity contribution is -0.121. The zero-order valence-corrected chi connectivity index (χ0v) is 14.2. The van der Waals surface area contributed by atoms with E-state index in [0.717, 1.165) is 41.9 Å². The van der Waals surface area contributed by atoms with Gasteiger partial charge < -0.3 is 5.32 Å². The third kappa shape index (κ3) is 3.25. The maximum absolute atomic E-state index is 11.8. The molecule has 0 saturated heterocycles. The molecule has 6 nitrogen and oxygen atoms in total. The number of pyridine rings is 1. The van der Waals surface area contributed by atoms with E-state index in [1.54, 1.807) is 7.05 Å². The second-order valence-corrected chi connectivity index (χ2v) is 6.46. The van der Waals surface area contributed by atoms with Crippen LogP contribution in [-0.4, -0.2) is 39.2 Å². The fraction of sp³-hybridized carbons (Fsp3) is 0.316. The monoisotopic (exact) mass is 335 g/mol. The van der Waals surface area contributed by atoms with E-state index in [-0.39, 0.29) is 11.9 Å². The van der Waals surface area contributed by atoms with Gasteiger partial charge in [-0.15, -0.1) is 0 Å². The molecule has 0 fully saturated rings. The number of hydrogen-bond donors (Lipinski definition) is 1. The van der Waals surface area contributed by atoms with E-state index >= 15 is 0 Å². The molecule has 0 aliphatic carbocycles. The highest BCUT2D eigenvalue weighted by Gasteiger charge is 2.27. The number of aromatic nitrogens is 3. The fourth-order valence-electron chi connectivity index (χ4n) is 3.48. The Morgan fingerprint density at radius 1 is 1.24 bits per heavy atom. The summed E-state index contributed by atoms with van der Waals surface area (Å²) in [4.78, 5) is 18.9. The first-order chi connectivity index (χ1) is 12.2. The number of carbonyl (C=O) groups excluding carboxylic acids is 1. The van der Waals surface area contributed by atoms with Gasteiger partial charge in [0.2, 0.25) is 5.91 Å². The van der Waals surface area contributed by atoms with E-state index in [1.165, 1.54) is 0 Å². The zero-order valence-electron chi connectivity index (χ0n) is 14.2. The molecule has 1 N–H and O–H groups in total. The lowest BCUT2D eigenvalue weighted by atomic mass is 10.1. The fourth-order valence-corrected chi connectivity index (χ4v) is 3.48. The van der Waals surface area contributed by atoms with Crippen molar-refractivity contribution in [1.29, 1.82) is 0 Å². The van der Waals surface area contributed by atoms with Crippen molar-refractivity contribution in [3.63, 3.8) is 0 Å². The molecule has 0 spiro atoms. The molecule has 1 aromatic carbocycles. The van der Waals surface area contributed by atoms with Crippen LogP contribution in [0.15, 0.2) is 48.7 Å². The first-order valence-corrected chi connectivity index (χ1v) is 8.53. The van der Waals surface area contributed by atoms with E-state index in [9.17, 15) is 4.79 Å². The van der Waals surface area contributed by atoms with Crippen LogP contribution in [0.3, 0.4) is 0 Å². The van der Waals surface area contributed by atoms with Gasteiger partial charge in [0.15, 0.2) is 0 Å². The summed E-state index contributed by atoms with van der Waals surface area (Å²) in [5.74, 6) is 0.0390. The van der Waals surface area contributed by atoms with E-state index in [0.29, 0.717) is 6.42 Å². The molecule has 0 radical (unpaired) electrons. The number of nitrogens with zero attached hydrogens (tertiary/aromatic N) is 4. The number of hydrogen-bond acceptors (Lipinski definition) is 4. The van der Waals surface area contributed by atoms with Crippen molar-refractivity contribution in [3.05, 3.63) is 60.0 Å². The Hall–Kier alpha value is -2.73. The van der Waals surface area contributed by atoms with Crippen molar-refractivity contribution in [2.45, 2.75) is 25.6 Å². The SMILES string of the molecule is CNC(=O)CC1CN(Cc2ccc3ccccc3n2)Cc2ccnn21. The second kappa shape index (κ2) is 6.64. The van der Waals surface area contributed by atoms with Crippen molar-refractivity contribution < 1.29 is 4.79 Å². The van der Waals surface area contributed by atoms with Crippen molar-refractivity contribution in [1.82, 2.24) is 25.0 Å². The predicted molar refractivity (Wildman–Crippen MR) is 95.8 cm³/mol. The maximum atomic E-state index is 11.8. The summed E-state index contributed by atoms with van der Waals surface area (Å²) in [6, 6.07) is 14.4. The molecule has 128 valence electrons. The highest BCUT2D eigenvalue weighted by Crippen LogP contribution is 2.24. The van der Waals surface area contributed by atoms with E-state index in [4.69, 9.17) is 4.98 Å². The van der Waals surface area contributed by atoms with Crippen molar-refractivity contribution in [3.8, 4) is 0 Å². The Labute approximate surface area is 146 Å². The minimum atomic E-state index is 0.0390. The second-order valence-electron chi connectivity index (χ2n) is 6.46. The van der Waals surface area contributed by atoms with Gasteiger partial charge in [-0.1, -0.05) is 24.3 Å². The number of benzene rings is 1. The topological polar surface area (TPSA) is 63.1 Å². The van der Waals surface area contributed by atoms with Crippen molar-refractivity contribution in [2.24, 2.45) is 0 Å². The van der Waals surface area contributed by atoms with Crippen LogP contribution in [0, 0.1) is 0 Å². The van der Waals surface area contributed by atoms with Gasteiger partial charge >= 0.3 is 0 Å². The van der Waals surface area contributed by atoms with E-state index in [2.05, 4.69) is 33.5 Å². The normalized spacial score (nSPS) is 17.4. The minimum absolute atomic E-state index is 0.0390. The Kier molecular flexibility index (Phi) is 4.19. The Bertz CT molecular complexity index is 903. The number of fused-ring (bicyclic) bond motifs is 2. The molecule has 6 heteroatoms. The molecular formula is C19H21N5O. The number of amides is 1. The van der Waals surface area contributed by atoms with Crippen LogP contribution >= 0.6 is 0 Å².